The van der Waals surface area contributed by atoms with Gasteiger partial charge < -0.3 is 10.5 Å². The first kappa shape index (κ1) is 9.51. The van der Waals surface area contributed by atoms with E-state index in [9.17, 15) is 0 Å². The van der Waals surface area contributed by atoms with Crippen molar-refractivity contribution in [2.45, 2.75) is 12.8 Å². The van der Waals surface area contributed by atoms with Crippen molar-refractivity contribution in [1.82, 2.24) is 9.97 Å². The fourth-order valence-electron chi connectivity index (χ4n) is 0.836. The molecule has 13 heavy (non-hydrogen) atoms. The first-order chi connectivity index (χ1) is 6.33. The first-order valence-electron chi connectivity index (χ1n) is 4.14. The lowest BCUT2D eigenvalue weighted by Gasteiger charge is -2.03. The van der Waals surface area contributed by atoms with Crippen molar-refractivity contribution >= 4 is 5.82 Å². The molecule has 0 radical (unpaired) electrons. The van der Waals surface area contributed by atoms with Crippen LogP contribution in [0, 0.1) is 0 Å². The number of nitrogen functional groups attached to an aromatic ring is 1. The van der Waals surface area contributed by atoms with Crippen LogP contribution in [0.2, 0.25) is 0 Å². The predicted octanol–water partition coefficient (Wildman–Crippen LogP) is 1.40. The monoisotopic (exact) mass is 179 g/mol. The lowest BCUT2D eigenvalue weighted by molar-refractivity contribution is 0.299. The van der Waals surface area contributed by atoms with Gasteiger partial charge in [0.05, 0.1) is 19.0 Å². The molecule has 1 heterocycles. The van der Waals surface area contributed by atoms with Gasteiger partial charge >= 0.3 is 0 Å². The molecular formula is C9H13N3O. The minimum absolute atomic E-state index is 0.376. The SMILES string of the molecule is C=CCCCOc1cncc(N)n1. The van der Waals surface area contributed by atoms with Crippen molar-refractivity contribution in [1.29, 1.82) is 0 Å². The Bertz CT molecular complexity index is 275. The van der Waals surface area contributed by atoms with E-state index in [0.717, 1.165) is 12.8 Å². The lowest BCUT2D eigenvalue weighted by atomic mass is 10.3. The highest BCUT2D eigenvalue weighted by molar-refractivity contribution is 5.25. The Labute approximate surface area is 77.5 Å². The normalized spacial score (nSPS) is 9.54. The molecule has 0 spiro atoms. The smallest absolute Gasteiger partial charge is 0.234 e. The van der Waals surface area contributed by atoms with Crippen LogP contribution in [0.15, 0.2) is 25.0 Å². The summed E-state index contributed by atoms with van der Waals surface area (Å²) in [4.78, 5) is 7.79. The van der Waals surface area contributed by atoms with Gasteiger partial charge in [-0.05, 0) is 12.8 Å². The molecule has 1 rings (SSSR count). The number of rotatable bonds is 5. The second-order valence-corrected chi connectivity index (χ2v) is 2.56. The zero-order valence-electron chi connectivity index (χ0n) is 7.44. The van der Waals surface area contributed by atoms with E-state index in [0.29, 0.717) is 18.3 Å². The van der Waals surface area contributed by atoms with Crippen molar-refractivity contribution < 1.29 is 4.74 Å². The molecule has 70 valence electrons. The van der Waals surface area contributed by atoms with Crippen molar-refractivity contribution in [2.75, 3.05) is 12.3 Å². The van der Waals surface area contributed by atoms with E-state index in [2.05, 4.69) is 16.5 Å². The van der Waals surface area contributed by atoms with Gasteiger partial charge in [-0.15, -0.1) is 6.58 Å². The summed E-state index contributed by atoms with van der Waals surface area (Å²) < 4.78 is 5.29. The highest BCUT2D eigenvalue weighted by Crippen LogP contribution is 2.06. The Morgan fingerprint density at radius 1 is 1.54 bits per heavy atom. The summed E-state index contributed by atoms with van der Waals surface area (Å²) in [5.41, 5.74) is 5.42. The number of unbranched alkanes of at least 4 members (excludes halogenated alkanes) is 1. The number of hydrogen-bond acceptors (Lipinski definition) is 4. The molecule has 0 aliphatic rings. The van der Waals surface area contributed by atoms with Crippen LogP contribution in [-0.4, -0.2) is 16.6 Å². The fourth-order valence-corrected chi connectivity index (χ4v) is 0.836. The molecular weight excluding hydrogens is 166 g/mol. The average molecular weight is 179 g/mol. The maximum atomic E-state index is 5.42. The van der Waals surface area contributed by atoms with E-state index in [1.54, 1.807) is 6.20 Å². The number of hydrogen-bond donors (Lipinski definition) is 1. The Morgan fingerprint density at radius 2 is 2.38 bits per heavy atom. The number of ether oxygens (including phenoxy) is 1. The quantitative estimate of drug-likeness (QED) is 0.548. The molecule has 0 unspecified atom stereocenters. The van der Waals surface area contributed by atoms with Crippen LogP contribution in [0.3, 0.4) is 0 Å². The third-order valence-electron chi connectivity index (χ3n) is 1.43. The molecule has 0 amide bonds. The van der Waals surface area contributed by atoms with Crippen molar-refractivity contribution in [3.8, 4) is 5.88 Å². The molecule has 0 atom stereocenters. The first-order valence-corrected chi connectivity index (χ1v) is 4.14. The summed E-state index contributed by atoms with van der Waals surface area (Å²) in [5.74, 6) is 0.852. The molecule has 0 bridgehead atoms. The van der Waals surface area contributed by atoms with E-state index >= 15 is 0 Å². The molecule has 0 aliphatic carbocycles. The highest BCUT2D eigenvalue weighted by Gasteiger charge is 1.95. The Kier molecular flexibility index (Phi) is 3.75. The van der Waals surface area contributed by atoms with Gasteiger partial charge in [0, 0.05) is 0 Å². The summed E-state index contributed by atoms with van der Waals surface area (Å²) in [6.07, 6.45) is 6.75. The molecule has 0 fully saturated rings. The van der Waals surface area contributed by atoms with E-state index in [1.165, 1.54) is 6.20 Å². The van der Waals surface area contributed by atoms with Gasteiger partial charge in [0.25, 0.3) is 0 Å². The Balaban J connectivity index is 2.32. The van der Waals surface area contributed by atoms with Gasteiger partial charge in [-0.1, -0.05) is 6.08 Å². The summed E-state index contributed by atoms with van der Waals surface area (Å²) >= 11 is 0. The number of allylic oxidation sites excluding steroid dienone is 1. The average Bonchev–Trinajstić information content (AvgIpc) is 2.13. The molecule has 1 aromatic heterocycles. The second-order valence-electron chi connectivity index (χ2n) is 2.56. The minimum Gasteiger partial charge on any atom is -0.477 e. The van der Waals surface area contributed by atoms with Gasteiger partial charge in [0.2, 0.25) is 5.88 Å². The predicted molar refractivity (Wildman–Crippen MR) is 51.4 cm³/mol. The van der Waals surface area contributed by atoms with Crippen molar-refractivity contribution in [2.24, 2.45) is 0 Å². The summed E-state index contributed by atoms with van der Waals surface area (Å²) in [6, 6.07) is 0. The molecule has 0 aromatic carbocycles. The van der Waals surface area contributed by atoms with E-state index in [-0.39, 0.29) is 0 Å². The number of aromatic nitrogens is 2. The standard InChI is InChI=1S/C9H13N3O/c1-2-3-4-5-13-9-7-11-6-8(10)12-9/h2,6-7H,1,3-5H2,(H2,10,12). The molecule has 1 aromatic rings. The van der Waals surface area contributed by atoms with Gasteiger partial charge in [-0.2, -0.15) is 4.98 Å². The van der Waals surface area contributed by atoms with E-state index < -0.39 is 0 Å². The van der Waals surface area contributed by atoms with E-state index in [1.807, 2.05) is 6.08 Å². The topological polar surface area (TPSA) is 61.0 Å². The summed E-state index contributed by atoms with van der Waals surface area (Å²) in [6.45, 7) is 4.23. The largest absolute Gasteiger partial charge is 0.477 e. The highest BCUT2D eigenvalue weighted by atomic mass is 16.5. The van der Waals surface area contributed by atoms with Gasteiger partial charge in [-0.25, -0.2) is 0 Å². The lowest BCUT2D eigenvalue weighted by Crippen LogP contribution is -2.00. The number of anilines is 1. The third-order valence-corrected chi connectivity index (χ3v) is 1.43. The maximum Gasteiger partial charge on any atom is 0.234 e. The van der Waals surface area contributed by atoms with Gasteiger partial charge in [0.1, 0.15) is 5.82 Å². The van der Waals surface area contributed by atoms with Crippen LogP contribution >= 0.6 is 0 Å². The molecule has 0 saturated carbocycles. The Hall–Kier alpha value is -1.58. The van der Waals surface area contributed by atoms with Crippen LogP contribution in [0.5, 0.6) is 5.88 Å². The van der Waals surface area contributed by atoms with Crippen molar-refractivity contribution in [3.05, 3.63) is 25.0 Å². The second kappa shape index (κ2) is 5.13. The zero-order chi connectivity index (χ0) is 9.52. The zero-order valence-corrected chi connectivity index (χ0v) is 7.44. The summed E-state index contributed by atoms with van der Waals surface area (Å²) in [5, 5.41) is 0. The van der Waals surface area contributed by atoms with Crippen LogP contribution in [0.1, 0.15) is 12.8 Å². The van der Waals surface area contributed by atoms with Crippen LogP contribution in [0.25, 0.3) is 0 Å². The fraction of sp³-hybridized carbons (Fsp3) is 0.333. The number of nitrogens with zero attached hydrogens (tertiary/aromatic N) is 2. The van der Waals surface area contributed by atoms with Crippen molar-refractivity contribution in [3.63, 3.8) is 0 Å². The molecule has 0 aliphatic heterocycles. The summed E-state index contributed by atoms with van der Waals surface area (Å²) in [7, 11) is 0. The van der Waals surface area contributed by atoms with Crippen LogP contribution in [0.4, 0.5) is 5.82 Å². The maximum absolute atomic E-state index is 5.42. The molecule has 0 saturated heterocycles. The van der Waals surface area contributed by atoms with Crippen LogP contribution < -0.4 is 10.5 Å². The Morgan fingerprint density at radius 3 is 3.08 bits per heavy atom. The molecule has 2 N–H and O–H groups in total. The minimum atomic E-state index is 0.376. The van der Waals surface area contributed by atoms with Crippen LogP contribution in [-0.2, 0) is 0 Å². The van der Waals surface area contributed by atoms with Gasteiger partial charge in [0.15, 0.2) is 0 Å². The van der Waals surface area contributed by atoms with Gasteiger partial charge in [-0.3, -0.25) is 4.98 Å². The molecule has 4 heteroatoms. The third kappa shape index (κ3) is 3.55. The molecule has 4 nitrogen and oxygen atoms in total. The number of nitrogens with two attached hydrogens (primary N) is 1. The van der Waals surface area contributed by atoms with E-state index in [4.69, 9.17) is 10.5 Å².